The Balaban J connectivity index is 1.97. The lowest BCUT2D eigenvalue weighted by Crippen LogP contribution is -2.31. The molecule has 0 amide bonds. The second-order valence-corrected chi connectivity index (χ2v) is 7.81. The average molecular weight is 314 g/mol. The molecule has 21 heavy (non-hydrogen) atoms. The SMILES string of the molecule is CCCNCc1ccc(S(=O)(=O)N(C)CC2CCCC2)o1. The van der Waals surface area contributed by atoms with E-state index in [2.05, 4.69) is 12.2 Å². The summed E-state index contributed by atoms with van der Waals surface area (Å²) in [5.41, 5.74) is 0. The molecule has 1 aliphatic rings. The molecular formula is C15H26N2O3S. The van der Waals surface area contributed by atoms with Gasteiger partial charge in [-0.25, -0.2) is 8.42 Å². The Hall–Kier alpha value is -0.850. The third-order valence-electron chi connectivity index (χ3n) is 4.02. The van der Waals surface area contributed by atoms with Gasteiger partial charge in [-0.15, -0.1) is 0 Å². The fraction of sp³-hybridized carbons (Fsp3) is 0.733. The van der Waals surface area contributed by atoms with Crippen LogP contribution >= 0.6 is 0 Å². The van der Waals surface area contributed by atoms with Crippen LogP contribution in [0, 0.1) is 5.92 Å². The van der Waals surface area contributed by atoms with Gasteiger partial charge in [0.15, 0.2) is 0 Å². The number of sulfonamides is 1. The zero-order valence-corrected chi connectivity index (χ0v) is 13.8. The minimum Gasteiger partial charge on any atom is -0.447 e. The molecule has 0 aromatic carbocycles. The highest BCUT2D eigenvalue weighted by molar-refractivity contribution is 7.89. The van der Waals surface area contributed by atoms with Gasteiger partial charge in [0.25, 0.3) is 10.0 Å². The molecule has 6 heteroatoms. The van der Waals surface area contributed by atoms with Gasteiger partial charge in [0, 0.05) is 13.6 Å². The van der Waals surface area contributed by atoms with Gasteiger partial charge in [-0.3, -0.25) is 0 Å². The first-order valence-electron chi connectivity index (χ1n) is 7.79. The topological polar surface area (TPSA) is 62.6 Å². The minimum absolute atomic E-state index is 0.0521. The van der Waals surface area contributed by atoms with Gasteiger partial charge in [-0.1, -0.05) is 19.8 Å². The lowest BCUT2D eigenvalue weighted by molar-refractivity contribution is 0.356. The summed E-state index contributed by atoms with van der Waals surface area (Å²) in [7, 11) is -1.85. The summed E-state index contributed by atoms with van der Waals surface area (Å²) in [6.45, 7) is 4.13. The van der Waals surface area contributed by atoms with Crippen LogP contribution in [0.3, 0.4) is 0 Å². The maximum Gasteiger partial charge on any atom is 0.276 e. The monoisotopic (exact) mass is 314 g/mol. The van der Waals surface area contributed by atoms with Gasteiger partial charge in [0.05, 0.1) is 6.54 Å². The highest BCUT2D eigenvalue weighted by Crippen LogP contribution is 2.27. The quantitative estimate of drug-likeness (QED) is 0.749. The molecule has 2 rings (SSSR count). The van der Waals surface area contributed by atoms with Crippen molar-refractivity contribution in [2.24, 2.45) is 5.92 Å². The molecular weight excluding hydrogens is 288 g/mol. The van der Waals surface area contributed by atoms with Crippen LogP contribution in [0.2, 0.25) is 0 Å². The van der Waals surface area contributed by atoms with Crippen molar-refractivity contribution in [3.05, 3.63) is 17.9 Å². The van der Waals surface area contributed by atoms with E-state index in [-0.39, 0.29) is 5.09 Å². The summed E-state index contributed by atoms with van der Waals surface area (Å²) in [5.74, 6) is 1.15. The zero-order chi connectivity index (χ0) is 15.3. The summed E-state index contributed by atoms with van der Waals surface area (Å²) in [6, 6.07) is 3.29. The molecule has 1 aliphatic carbocycles. The van der Waals surface area contributed by atoms with Gasteiger partial charge in [-0.05, 0) is 43.9 Å². The maximum absolute atomic E-state index is 12.5. The van der Waals surface area contributed by atoms with E-state index in [0.717, 1.165) is 25.8 Å². The lowest BCUT2D eigenvalue weighted by Gasteiger charge is -2.19. The number of rotatable bonds is 8. The molecule has 0 radical (unpaired) electrons. The second-order valence-electron chi connectivity index (χ2n) is 5.83. The highest BCUT2D eigenvalue weighted by Gasteiger charge is 2.27. The van der Waals surface area contributed by atoms with E-state index in [1.807, 2.05) is 0 Å². The van der Waals surface area contributed by atoms with E-state index in [9.17, 15) is 8.42 Å². The fourth-order valence-corrected chi connectivity index (χ4v) is 3.96. The van der Waals surface area contributed by atoms with Crippen molar-refractivity contribution < 1.29 is 12.8 Å². The van der Waals surface area contributed by atoms with Crippen molar-refractivity contribution in [3.63, 3.8) is 0 Å². The number of furan rings is 1. The van der Waals surface area contributed by atoms with Crippen LogP contribution in [0.15, 0.2) is 21.6 Å². The zero-order valence-electron chi connectivity index (χ0n) is 13.0. The Morgan fingerprint density at radius 3 is 2.71 bits per heavy atom. The predicted molar refractivity (Wildman–Crippen MR) is 82.5 cm³/mol. The Labute approximate surface area is 127 Å². The molecule has 1 aromatic heterocycles. The van der Waals surface area contributed by atoms with Crippen LogP contribution < -0.4 is 5.32 Å². The Kier molecular flexibility index (Phi) is 5.84. The fourth-order valence-electron chi connectivity index (χ4n) is 2.79. The van der Waals surface area contributed by atoms with E-state index >= 15 is 0 Å². The van der Waals surface area contributed by atoms with E-state index in [4.69, 9.17) is 4.42 Å². The molecule has 1 aromatic rings. The van der Waals surface area contributed by atoms with Crippen molar-refractivity contribution in [2.75, 3.05) is 20.1 Å². The first-order valence-corrected chi connectivity index (χ1v) is 9.23. The van der Waals surface area contributed by atoms with Crippen LogP contribution in [0.4, 0.5) is 0 Å². The maximum atomic E-state index is 12.5. The summed E-state index contributed by atoms with van der Waals surface area (Å²) < 4.78 is 31.9. The number of hydrogen-bond acceptors (Lipinski definition) is 4. The van der Waals surface area contributed by atoms with Gasteiger partial charge in [0.2, 0.25) is 5.09 Å². The summed E-state index contributed by atoms with van der Waals surface area (Å²) in [5, 5.41) is 3.25. The van der Waals surface area contributed by atoms with E-state index in [0.29, 0.717) is 24.8 Å². The molecule has 120 valence electrons. The van der Waals surface area contributed by atoms with Crippen LogP contribution in [-0.4, -0.2) is 32.9 Å². The standard InChI is InChI=1S/C15H26N2O3S/c1-3-10-16-11-14-8-9-15(20-14)21(18,19)17(2)12-13-6-4-5-7-13/h8-9,13,16H,3-7,10-12H2,1-2H3. The normalized spacial score (nSPS) is 16.9. The Morgan fingerprint density at radius 1 is 1.33 bits per heavy atom. The van der Waals surface area contributed by atoms with Crippen molar-refractivity contribution in [3.8, 4) is 0 Å². The second kappa shape index (κ2) is 7.42. The highest BCUT2D eigenvalue weighted by atomic mass is 32.2. The van der Waals surface area contributed by atoms with Crippen molar-refractivity contribution in [1.29, 1.82) is 0 Å². The molecule has 0 atom stereocenters. The molecule has 5 nitrogen and oxygen atoms in total. The van der Waals surface area contributed by atoms with E-state index in [1.54, 1.807) is 19.2 Å². The van der Waals surface area contributed by atoms with Crippen molar-refractivity contribution in [2.45, 2.75) is 50.7 Å². The smallest absolute Gasteiger partial charge is 0.276 e. The van der Waals surface area contributed by atoms with Crippen LogP contribution in [-0.2, 0) is 16.6 Å². The molecule has 1 N–H and O–H groups in total. The molecule has 1 saturated carbocycles. The summed E-state index contributed by atoms with van der Waals surface area (Å²) in [6.07, 6.45) is 5.73. The van der Waals surface area contributed by atoms with Crippen molar-refractivity contribution >= 4 is 10.0 Å². The minimum atomic E-state index is -3.50. The predicted octanol–water partition coefficient (Wildman–Crippen LogP) is 2.59. The first-order chi connectivity index (χ1) is 10.0. The van der Waals surface area contributed by atoms with Gasteiger partial charge in [-0.2, -0.15) is 4.31 Å². The van der Waals surface area contributed by atoms with Crippen LogP contribution in [0.25, 0.3) is 0 Å². The summed E-state index contributed by atoms with van der Waals surface area (Å²) in [4.78, 5) is 0. The molecule has 1 heterocycles. The molecule has 0 spiro atoms. The van der Waals surface area contributed by atoms with E-state index < -0.39 is 10.0 Å². The molecule has 0 saturated heterocycles. The van der Waals surface area contributed by atoms with Gasteiger partial charge in [0.1, 0.15) is 5.76 Å². The molecule has 1 fully saturated rings. The van der Waals surface area contributed by atoms with Gasteiger partial charge >= 0.3 is 0 Å². The molecule has 0 aliphatic heterocycles. The Bertz CT molecular complexity index is 533. The Morgan fingerprint density at radius 2 is 2.05 bits per heavy atom. The first kappa shape index (κ1) is 16.5. The summed E-state index contributed by atoms with van der Waals surface area (Å²) >= 11 is 0. The van der Waals surface area contributed by atoms with Gasteiger partial charge < -0.3 is 9.73 Å². The van der Waals surface area contributed by atoms with Crippen molar-refractivity contribution in [1.82, 2.24) is 9.62 Å². The molecule has 0 unspecified atom stereocenters. The third kappa shape index (κ3) is 4.31. The number of nitrogens with zero attached hydrogens (tertiary/aromatic N) is 1. The number of hydrogen-bond donors (Lipinski definition) is 1. The number of nitrogens with one attached hydrogen (secondary N) is 1. The largest absolute Gasteiger partial charge is 0.447 e. The third-order valence-corrected chi connectivity index (χ3v) is 5.72. The van der Waals surface area contributed by atoms with Crippen LogP contribution in [0.1, 0.15) is 44.8 Å². The van der Waals surface area contributed by atoms with E-state index in [1.165, 1.54) is 17.1 Å². The molecule has 0 bridgehead atoms. The lowest BCUT2D eigenvalue weighted by atomic mass is 10.1. The van der Waals surface area contributed by atoms with Crippen LogP contribution in [0.5, 0.6) is 0 Å². The average Bonchev–Trinajstić information content (AvgIpc) is 3.10.